The smallest absolute Gasteiger partial charge is 0.257 e. The number of benzene rings is 2. The Morgan fingerprint density at radius 3 is 2.77 bits per heavy atom. The van der Waals surface area contributed by atoms with Crippen LogP contribution in [0.15, 0.2) is 47.1 Å². The van der Waals surface area contributed by atoms with Gasteiger partial charge in [-0.25, -0.2) is 0 Å². The number of rotatable bonds is 3. The van der Waals surface area contributed by atoms with Crippen LogP contribution >= 0.6 is 15.9 Å². The van der Waals surface area contributed by atoms with E-state index in [1.807, 2.05) is 43.3 Å². The molecule has 0 atom stereocenters. The molecule has 1 heterocycles. The summed E-state index contributed by atoms with van der Waals surface area (Å²) >= 11 is 3.47. The Balaban J connectivity index is 1.95. The van der Waals surface area contributed by atoms with Crippen LogP contribution in [0.3, 0.4) is 0 Å². The Morgan fingerprint density at radius 1 is 1.23 bits per heavy atom. The summed E-state index contributed by atoms with van der Waals surface area (Å²) in [5, 5.41) is 3.76. The van der Waals surface area contributed by atoms with Gasteiger partial charge in [0.1, 0.15) is 5.75 Å². The van der Waals surface area contributed by atoms with Gasteiger partial charge in [-0.2, -0.15) is 0 Å². The molecule has 22 heavy (non-hydrogen) atoms. The molecule has 112 valence electrons. The minimum absolute atomic E-state index is 0.163. The van der Waals surface area contributed by atoms with Crippen molar-refractivity contribution in [2.75, 3.05) is 12.4 Å². The van der Waals surface area contributed by atoms with Crippen molar-refractivity contribution in [1.29, 1.82) is 0 Å². The molecule has 0 bridgehead atoms. The van der Waals surface area contributed by atoms with Crippen molar-refractivity contribution in [2.24, 2.45) is 0 Å². The first-order valence-electron chi connectivity index (χ1n) is 6.81. The zero-order valence-electron chi connectivity index (χ0n) is 12.2. The normalized spacial score (nSPS) is 10.7. The zero-order chi connectivity index (χ0) is 15.7. The van der Waals surface area contributed by atoms with Gasteiger partial charge in [0.2, 0.25) is 0 Å². The summed E-state index contributed by atoms with van der Waals surface area (Å²) in [5.41, 5.74) is 3.35. The number of aromatic nitrogens is 1. The molecule has 1 amide bonds. The maximum Gasteiger partial charge on any atom is 0.257 e. The van der Waals surface area contributed by atoms with E-state index in [1.165, 1.54) is 0 Å². The van der Waals surface area contributed by atoms with E-state index in [0.717, 1.165) is 32.4 Å². The lowest BCUT2D eigenvalue weighted by atomic mass is 10.1. The third kappa shape index (κ3) is 2.72. The molecule has 0 fully saturated rings. The number of methoxy groups -OCH3 is 1. The molecule has 3 rings (SSSR count). The largest absolute Gasteiger partial charge is 0.497 e. The Hall–Kier alpha value is -2.27. The Bertz CT molecular complexity index is 855. The molecule has 0 saturated carbocycles. The van der Waals surface area contributed by atoms with Gasteiger partial charge in [0.05, 0.1) is 18.4 Å². The van der Waals surface area contributed by atoms with E-state index in [-0.39, 0.29) is 5.91 Å². The van der Waals surface area contributed by atoms with Crippen LogP contribution in [0.2, 0.25) is 0 Å². The maximum atomic E-state index is 12.5. The second kappa shape index (κ2) is 5.85. The number of aryl methyl sites for hydroxylation is 1. The summed E-state index contributed by atoms with van der Waals surface area (Å²) in [6.07, 6.45) is 1.71. The van der Waals surface area contributed by atoms with Gasteiger partial charge < -0.3 is 15.0 Å². The highest BCUT2D eigenvalue weighted by atomic mass is 79.9. The molecule has 2 N–H and O–H groups in total. The molecule has 0 saturated heterocycles. The van der Waals surface area contributed by atoms with Gasteiger partial charge >= 0.3 is 0 Å². The average molecular weight is 359 g/mol. The summed E-state index contributed by atoms with van der Waals surface area (Å²) in [5.74, 6) is 0.557. The van der Waals surface area contributed by atoms with Crippen LogP contribution in [-0.4, -0.2) is 18.0 Å². The molecule has 4 nitrogen and oxygen atoms in total. The van der Waals surface area contributed by atoms with E-state index in [2.05, 4.69) is 26.2 Å². The van der Waals surface area contributed by atoms with Gasteiger partial charge in [-0.15, -0.1) is 0 Å². The molecule has 1 aromatic heterocycles. The number of H-pyrrole nitrogens is 1. The topological polar surface area (TPSA) is 54.1 Å². The van der Waals surface area contributed by atoms with Crippen molar-refractivity contribution in [3.63, 3.8) is 0 Å². The second-order valence-corrected chi connectivity index (χ2v) is 5.91. The number of fused-ring (bicyclic) bond motifs is 1. The van der Waals surface area contributed by atoms with Crippen LogP contribution in [0, 0.1) is 6.92 Å². The molecule has 0 aliphatic carbocycles. The summed E-state index contributed by atoms with van der Waals surface area (Å²) in [6, 6.07) is 11.4. The number of halogens is 1. The maximum absolute atomic E-state index is 12.5. The van der Waals surface area contributed by atoms with Crippen LogP contribution in [0.25, 0.3) is 10.9 Å². The number of aromatic amines is 1. The average Bonchev–Trinajstić information content (AvgIpc) is 2.93. The molecule has 3 aromatic rings. The van der Waals surface area contributed by atoms with E-state index in [9.17, 15) is 4.79 Å². The number of carbonyl (C=O) groups excluding carboxylic acids is 1. The molecule has 0 unspecified atom stereocenters. The van der Waals surface area contributed by atoms with Crippen molar-refractivity contribution in [2.45, 2.75) is 6.92 Å². The molecule has 0 radical (unpaired) electrons. The SMILES string of the molecule is COc1ccc2[nH]cc(C(=O)Nc3ccc(C)cc3Br)c2c1. The molecule has 0 aliphatic heterocycles. The predicted molar refractivity (Wildman–Crippen MR) is 91.7 cm³/mol. The van der Waals surface area contributed by atoms with E-state index < -0.39 is 0 Å². The van der Waals surface area contributed by atoms with Gasteiger partial charge in [0.15, 0.2) is 0 Å². The van der Waals surface area contributed by atoms with Crippen LogP contribution in [0.4, 0.5) is 5.69 Å². The van der Waals surface area contributed by atoms with Gasteiger partial charge in [0, 0.05) is 21.6 Å². The number of amides is 1. The minimum Gasteiger partial charge on any atom is -0.497 e. The summed E-state index contributed by atoms with van der Waals surface area (Å²) in [6.45, 7) is 2.00. The van der Waals surface area contributed by atoms with Crippen molar-refractivity contribution in [3.05, 3.63) is 58.2 Å². The zero-order valence-corrected chi connectivity index (χ0v) is 13.8. The second-order valence-electron chi connectivity index (χ2n) is 5.05. The van der Waals surface area contributed by atoms with Gasteiger partial charge in [-0.05, 0) is 58.7 Å². The lowest BCUT2D eigenvalue weighted by Gasteiger charge is -2.08. The van der Waals surface area contributed by atoms with E-state index >= 15 is 0 Å². The molecular weight excluding hydrogens is 344 g/mol. The van der Waals surface area contributed by atoms with Crippen molar-refractivity contribution >= 4 is 38.4 Å². The van der Waals surface area contributed by atoms with Gasteiger partial charge in [-0.3, -0.25) is 4.79 Å². The van der Waals surface area contributed by atoms with Crippen molar-refractivity contribution in [1.82, 2.24) is 4.98 Å². The van der Waals surface area contributed by atoms with Crippen molar-refractivity contribution < 1.29 is 9.53 Å². The molecule has 5 heteroatoms. The van der Waals surface area contributed by atoms with E-state index in [0.29, 0.717) is 5.56 Å². The van der Waals surface area contributed by atoms with Crippen molar-refractivity contribution in [3.8, 4) is 5.75 Å². The standard InChI is InChI=1S/C17H15BrN2O2/c1-10-3-5-16(14(18)7-10)20-17(21)13-9-19-15-6-4-11(22-2)8-12(13)15/h3-9,19H,1-2H3,(H,20,21). The highest BCUT2D eigenvalue weighted by Gasteiger charge is 2.14. The summed E-state index contributed by atoms with van der Waals surface area (Å²) in [4.78, 5) is 15.6. The predicted octanol–water partition coefficient (Wildman–Crippen LogP) is 4.50. The van der Waals surface area contributed by atoms with Gasteiger partial charge in [-0.1, -0.05) is 6.07 Å². The number of hydrogen-bond acceptors (Lipinski definition) is 2. The Kier molecular flexibility index (Phi) is 3.90. The molecule has 2 aromatic carbocycles. The van der Waals surface area contributed by atoms with Crippen LogP contribution in [0.5, 0.6) is 5.75 Å². The Morgan fingerprint density at radius 2 is 2.05 bits per heavy atom. The highest BCUT2D eigenvalue weighted by Crippen LogP contribution is 2.27. The number of hydrogen-bond donors (Lipinski definition) is 2. The lowest BCUT2D eigenvalue weighted by molar-refractivity contribution is 0.102. The number of nitrogens with one attached hydrogen (secondary N) is 2. The van der Waals surface area contributed by atoms with Gasteiger partial charge in [0.25, 0.3) is 5.91 Å². The first kappa shape index (κ1) is 14.7. The van der Waals surface area contributed by atoms with Crippen LogP contribution in [0.1, 0.15) is 15.9 Å². The third-order valence-electron chi connectivity index (χ3n) is 3.51. The summed E-state index contributed by atoms with van der Waals surface area (Å²) in [7, 11) is 1.61. The summed E-state index contributed by atoms with van der Waals surface area (Å²) < 4.78 is 6.08. The molecular formula is C17H15BrN2O2. The number of anilines is 1. The lowest BCUT2D eigenvalue weighted by Crippen LogP contribution is -2.11. The number of ether oxygens (including phenoxy) is 1. The first-order valence-corrected chi connectivity index (χ1v) is 7.60. The molecule has 0 spiro atoms. The Labute approximate surface area is 136 Å². The fourth-order valence-corrected chi connectivity index (χ4v) is 2.92. The van der Waals surface area contributed by atoms with E-state index in [4.69, 9.17) is 4.74 Å². The fraction of sp³-hybridized carbons (Fsp3) is 0.118. The molecule has 0 aliphatic rings. The van der Waals surface area contributed by atoms with Crippen LogP contribution in [-0.2, 0) is 0 Å². The monoisotopic (exact) mass is 358 g/mol. The minimum atomic E-state index is -0.163. The van der Waals surface area contributed by atoms with Crippen LogP contribution < -0.4 is 10.1 Å². The highest BCUT2D eigenvalue weighted by molar-refractivity contribution is 9.10. The first-order chi connectivity index (χ1) is 10.6. The third-order valence-corrected chi connectivity index (χ3v) is 4.16. The quantitative estimate of drug-likeness (QED) is 0.724. The fourth-order valence-electron chi connectivity index (χ4n) is 2.33. The number of carbonyl (C=O) groups is 1. The van der Waals surface area contributed by atoms with E-state index in [1.54, 1.807) is 13.3 Å².